The van der Waals surface area contributed by atoms with Gasteiger partial charge in [-0.15, -0.1) is 5.10 Å². The molecule has 7 heteroatoms. The lowest BCUT2D eigenvalue weighted by molar-refractivity contribution is -0.115. The van der Waals surface area contributed by atoms with Crippen LogP contribution in [0.4, 0.5) is 5.95 Å². The second-order valence-electron chi connectivity index (χ2n) is 6.94. The summed E-state index contributed by atoms with van der Waals surface area (Å²) in [4.78, 5) is 16.8. The van der Waals surface area contributed by atoms with E-state index in [-0.39, 0.29) is 18.4 Å². The van der Waals surface area contributed by atoms with E-state index < -0.39 is 0 Å². The molecule has 3 heterocycles. The molecule has 0 spiro atoms. The molecule has 0 radical (unpaired) electrons. The number of H-pyrrole nitrogens is 1. The van der Waals surface area contributed by atoms with E-state index in [9.17, 15) is 4.79 Å². The molecule has 4 rings (SSSR count). The third-order valence-corrected chi connectivity index (χ3v) is 4.72. The van der Waals surface area contributed by atoms with Crippen LogP contribution in [-0.4, -0.2) is 32.3 Å². The molecule has 136 valence electrons. The van der Waals surface area contributed by atoms with E-state index in [0.29, 0.717) is 17.8 Å². The largest absolute Gasteiger partial charge is 0.370 e. The van der Waals surface area contributed by atoms with Gasteiger partial charge in [0.1, 0.15) is 6.10 Å². The van der Waals surface area contributed by atoms with Crippen LogP contribution in [0.2, 0.25) is 0 Å². The highest BCUT2D eigenvalue weighted by atomic mass is 16.5. The first-order valence-electron chi connectivity index (χ1n) is 9.04. The second-order valence-corrected chi connectivity index (χ2v) is 6.94. The first-order valence-corrected chi connectivity index (χ1v) is 9.04. The number of para-hydroxylation sites is 1. The molecule has 1 saturated heterocycles. The minimum atomic E-state index is -0.130. The summed E-state index contributed by atoms with van der Waals surface area (Å²) in [5.74, 6) is 0.844. The number of aromatic amines is 1. The van der Waals surface area contributed by atoms with Crippen molar-refractivity contribution in [3.63, 3.8) is 0 Å². The van der Waals surface area contributed by atoms with Crippen LogP contribution in [0.5, 0.6) is 0 Å². The third kappa shape index (κ3) is 3.22. The molecule has 1 unspecified atom stereocenters. The number of hydrogen-bond donors (Lipinski definition) is 2. The van der Waals surface area contributed by atoms with Crippen LogP contribution >= 0.6 is 0 Å². The van der Waals surface area contributed by atoms with Crippen molar-refractivity contribution in [1.82, 2.24) is 19.7 Å². The highest BCUT2D eigenvalue weighted by Gasteiger charge is 2.22. The summed E-state index contributed by atoms with van der Waals surface area (Å²) in [5, 5.41) is 10.8. The van der Waals surface area contributed by atoms with Crippen molar-refractivity contribution in [2.75, 3.05) is 11.9 Å². The van der Waals surface area contributed by atoms with Gasteiger partial charge in [0.05, 0.1) is 6.42 Å². The van der Waals surface area contributed by atoms with E-state index in [1.807, 2.05) is 12.1 Å². The third-order valence-electron chi connectivity index (χ3n) is 4.72. The van der Waals surface area contributed by atoms with Crippen LogP contribution < -0.4 is 5.32 Å². The molecule has 0 saturated carbocycles. The number of amides is 1. The van der Waals surface area contributed by atoms with Gasteiger partial charge >= 0.3 is 0 Å². The molecule has 1 aromatic carbocycles. The minimum Gasteiger partial charge on any atom is -0.370 e. The molecule has 1 aliphatic rings. The normalized spacial score (nSPS) is 17.3. The predicted octanol–water partition coefficient (Wildman–Crippen LogP) is 3.37. The second kappa shape index (κ2) is 6.92. The molecule has 7 nitrogen and oxygen atoms in total. The molecule has 1 amide bonds. The number of carbonyl (C=O) groups excluding carboxylic acids is 1. The van der Waals surface area contributed by atoms with E-state index in [1.54, 1.807) is 0 Å². The number of nitrogens with zero attached hydrogens (tertiary/aromatic N) is 3. The maximum Gasteiger partial charge on any atom is 0.248 e. The first-order chi connectivity index (χ1) is 12.6. The summed E-state index contributed by atoms with van der Waals surface area (Å²) in [7, 11) is 0. The van der Waals surface area contributed by atoms with Gasteiger partial charge in [-0.1, -0.05) is 18.2 Å². The molecule has 0 bridgehead atoms. The van der Waals surface area contributed by atoms with Gasteiger partial charge in [0.2, 0.25) is 11.9 Å². The zero-order chi connectivity index (χ0) is 18.1. The lowest BCUT2D eigenvalue weighted by atomic mass is 10.1. The first kappa shape index (κ1) is 16.8. The monoisotopic (exact) mass is 353 g/mol. The zero-order valence-corrected chi connectivity index (χ0v) is 15.0. The average Bonchev–Trinajstić information content (AvgIpc) is 3.34. The number of anilines is 1. The van der Waals surface area contributed by atoms with Crippen molar-refractivity contribution >= 4 is 22.8 Å². The Balaban J connectivity index is 1.49. The van der Waals surface area contributed by atoms with Crippen LogP contribution in [0.25, 0.3) is 10.9 Å². The van der Waals surface area contributed by atoms with Gasteiger partial charge in [-0.3, -0.25) is 15.2 Å². The molecule has 0 aliphatic carbocycles. The van der Waals surface area contributed by atoms with Crippen LogP contribution in [-0.2, 0) is 16.0 Å². The van der Waals surface area contributed by atoms with Gasteiger partial charge in [-0.25, -0.2) is 0 Å². The lowest BCUT2D eigenvalue weighted by Gasteiger charge is -2.08. The Morgan fingerprint density at radius 1 is 1.42 bits per heavy atom. The summed E-state index contributed by atoms with van der Waals surface area (Å²) in [6, 6.07) is 8.49. The Hall–Kier alpha value is -2.67. The quantitative estimate of drug-likeness (QED) is 0.736. The number of carbonyl (C=O) groups is 1. The van der Waals surface area contributed by atoms with E-state index in [2.05, 4.69) is 57.2 Å². The summed E-state index contributed by atoms with van der Waals surface area (Å²) < 4.78 is 7.77. The van der Waals surface area contributed by atoms with Crippen molar-refractivity contribution in [1.29, 1.82) is 0 Å². The maximum atomic E-state index is 12.5. The van der Waals surface area contributed by atoms with Crippen molar-refractivity contribution in [3.8, 4) is 0 Å². The highest BCUT2D eigenvalue weighted by Crippen LogP contribution is 2.27. The Morgan fingerprint density at radius 2 is 2.27 bits per heavy atom. The molecular formula is C19H23N5O2. The Labute approximate surface area is 151 Å². The van der Waals surface area contributed by atoms with Crippen LogP contribution in [0.3, 0.4) is 0 Å². The molecule has 1 atom stereocenters. The number of rotatable bonds is 5. The van der Waals surface area contributed by atoms with Crippen LogP contribution in [0.15, 0.2) is 30.5 Å². The summed E-state index contributed by atoms with van der Waals surface area (Å²) >= 11 is 0. The average molecular weight is 353 g/mol. The van der Waals surface area contributed by atoms with E-state index in [4.69, 9.17) is 4.74 Å². The van der Waals surface area contributed by atoms with Gasteiger partial charge < -0.3 is 9.30 Å². The number of benzene rings is 1. The number of fused-ring (bicyclic) bond motifs is 1. The Kier molecular flexibility index (Phi) is 4.46. The number of hydrogen-bond acceptors (Lipinski definition) is 4. The molecule has 2 N–H and O–H groups in total. The maximum absolute atomic E-state index is 12.5. The summed E-state index contributed by atoms with van der Waals surface area (Å²) in [6.45, 7) is 5.01. The molecule has 3 aromatic rings. The predicted molar refractivity (Wildman–Crippen MR) is 99.0 cm³/mol. The molecular weight excluding hydrogens is 330 g/mol. The zero-order valence-electron chi connectivity index (χ0n) is 15.0. The topological polar surface area (TPSA) is 84.8 Å². The molecule has 1 fully saturated rings. The van der Waals surface area contributed by atoms with E-state index in [0.717, 1.165) is 35.9 Å². The molecule has 2 aromatic heterocycles. The van der Waals surface area contributed by atoms with Gasteiger partial charge in [0.15, 0.2) is 5.82 Å². The fourth-order valence-corrected chi connectivity index (χ4v) is 3.45. The van der Waals surface area contributed by atoms with Gasteiger partial charge in [0, 0.05) is 29.7 Å². The number of aromatic nitrogens is 4. The molecule has 1 aliphatic heterocycles. The van der Waals surface area contributed by atoms with E-state index in [1.165, 1.54) is 0 Å². The van der Waals surface area contributed by atoms with Crippen LogP contribution in [0.1, 0.15) is 50.2 Å². The van der Waals surface area contributed by atoms with Gasteiger partial charge in [-0.2, -0.15) is 4.98 Å². The van der Waals surface area contributed by atoms with Crippen LogP contribution in [0, 0.1) is 0 Å². The number of nitrogens with one attached hydrogen (secondary N) is 2. The SMILES string of the molecule is CC(C)n1cc(CC(=O)Nc2n[nH]c(C3CCCO3)n2)c2ccccc21. The van der Waals surface area contributed by atoms with Crippen molar-refractivity contribution in [2.24, 2.45) is 0 Å². The number of ether oxygens (including phenoxy) is 1. The minimum absolute atomic E-state index is 0.0443. The summed E-state index contributed by atoms with van der Waals surface area (Å²) in [6.07, 6.45) is 4.25. The standard InChI is InChI=1S/C19H23N5O2/c1-12(2)24-11-13(14-6-3-4-7-15(14)24)10-17(25)20-19-21-18(22-23-19)16-8-5-9-26-16/h3-4,6-7,11-12,16H,5,8-10H2,1-2H3,(H2,20,21,22,23,25). The van der Waals surface area contributed by atoms with E-state index >= 15 is 0 Å². The fourth-order valence-electron chi connectivity index (χ4n) is 3.45. The lowest BCUT2D eigenvalue weighted by Crippen LogP contribution is -2.15. The highest BCUT2D eigenvalue weighted by molar-refractivity contribution is 5.95. The van der Waals surface area contributed by atoms with Crippen molar-refractivity contribution in [3.05, 3.63) is 41.9 Å². The Bertz CT molecular complexity index is 921. The van der Waals surface area contributed by atoms with Gasteiger partial charge in [0.25, 0.3) is 0 Å². The summed E-state index contributed by atoms with van der Waals surface area (Å²) in [5.41, 5.74) is 2.14. The Morgan fingerprint density at radius 3 is 3.04 bits per heavy atom. The van der Waals surface area contributed by atoms with Crippen molar-refractivity contribution < 1.29 is 9.53 Å². The smallest absolute Gasteiger partial charge is 0.248 e. The van der Waals surface area contributed by atoms with Crippen molar-refractivity contribution in [2.45, 2.75) is 45.3 Å². The molecule has 26 heavy (non-hydrogen) atoms. The van der Waals surface area contributed by atoms with Gasteiger partial charge in [-0.05, 0) is 38.3 Å². The fraction of sp³-hybridized carbons (Fsp3) is 0.421.